The zero-order chi connectivity index (χ0) is 24.7. The van der Waals surface area contributed by atoms with Crippen molar-refractivity contribution in [3.63, 3.8) is 0 Å². The Balaban J connectivity index is 1.98. The molecule has 2 aliphatic rings. The number of carbonyl (C=O) groups excluding carboxylic acids is 2. The average Bonchev–Trinajstić information content (AvgIpc) is 2.81. The first-order valence-corrected chi connectivity index (χ1v) is 13.1. The van der Waals surface area contributed by atoms with Gasteiger partial charge in [0, 0.05) is 30.7 Å². The number of ether oxygens (including phenoxy) is 1. The van der Waals surface area contributed by atoms with E-state index in [1.165, 1.54) is 0 Å². The molecule has 1 aromatic carbocycles. The minimum absolute atomic E-state index is 0.00821. The van der Waals surface area contributed by atoms with Gasteiger partial charge < -0.3 is 25.2 Å². The summed E-state index contributed by atoms with van der Waals surface area (Å²) in [6, 6.07) is 6.90. The van der Waals surface area contributed by atoms with E-state index in [2.05, 4.69) is 27.9 Å². The number of allylic oxidation sites excluding steroid dienone is 1. The fraction of sp³-hybridized carbons (Fsp3) is 0.538. The number of aliphatic hydroxyl groups is 2. The summed E-state index contributed by atoms with van der Waals surface area (Å²) in [4.78, 5) is 28.1. The highest BCUT2D eigenvalue weighted by Gasteiger charge is 2.42. The molecule has 7 nitrogen and oxygen atoms in total. The quantitative estimate of drug-likeness (QED) is 0.323. The van der Waals surface area contributed by atoms with Crippen molar-refractivity contribution < 1.29 is 24.5 Å². The van der Waals surface area contributed by atoms with Gasteiger partial charge in [-0.2, -0.15) is 0 Å². The third kappa shape index (κ3) is 6.82. The van der Waals surface area contributed by atoms with E-state index in [0.717, 1.165) is 41.2 Å². The monoisotopic (exact) mass is 582 g/mol. The number of hydrogen-bond acceptors (Lipinski definition) is 5. The van der Waals surface area contributed by atoms with E-state index < -0.39 is 18.2 Å². The fourth-order valence-electron chi connectivity index (χ4n) is 4.73. The van der Waals surface area contributed by atoms with Crippen molar-refractivity contribution in [2.75, 3.05) is 13.2 Å². The van der Waals surface area contributed by atoms with Gasteiger partial charge in [-0.1, -0.05) is 37.0 Å². The average molecular weight is 582 g/mol. The SMILES string of the molecule is CC(C)=CC(=O)N(C1CCCCC1)C1CC(C(=O)NCCO)=CC(Oc2ccccc2I)C1O. The second-order valence-electron chi connectivity index (χ2n) is 9.21. The normalized spacial score (nSPS) is 23.0. The molecule has 3 N–H and O–H groups in total. The first kappa shape index (κ1) is 26.7. The number of nitrogens with one attached hydrogen (secondary N) is 1. The molecule has 3 atom stereocenters. The lowest BCUT2D eigenvalue weighted by atomic mass is 9.85. The molecule has 0 aromatic heterocycles. The van der Waals surface area contributed by atoms with Crippen molar-refractivity contribution in [3.8, 4) is 5.75 Å². The number of rotatable bonds is 8. The summed E-state index contributed by atoms with van der Waals surface area (Å²) in [5.74, 6) is 0.153. The van der Waals surface area contributed by atoms with E-state index in [4.69, 9.17) is 9.84 Å². The Morgan fingerprint density at radius 2 is 1.91 bits per heavy atom. The molecular formula is C26H35IN2O5. The van der Waals surface area contributed by atoms with Crippen molar-refractivity contribution in [3.05, 3.63) is 51.1 Å². The molecule has 2 aliphatic carbocycles. The van der Waals surface area contributed by atoms with Crippen molar-refractivity contribution in [1.82, 2.24) is 10.2 Å². The van der Waals surface area contributed by atoms with Gasteiger partial charge in [-0.3, -0.25) is 9.59 Å². The number of nitrogens with zero attached hydrogens (tertiary/aromatic N) is 1. The van der Waals surface area contributed by atoms with Crippen molar-refractivity contribution in [2.24, 2.45) is 0 Å². The zero-order valence-corrected chi connectivity index (χ0v) is 22.0. The first-order valence-electron chi connectivity index (χ1n) is 12.0. The van der Waals surface area contributed by atoms with Crippen molar-refractivity contribution in [1.29, 1.82) is 0 Å². The molecule has 3 rings (SSSR count). The number of benzene rings is 1. The van der Waals surface area contributed by atoms with Gasteiger partial charge in [0.2, 0.25) is 11.8 Å². The Hall–Kier alpha value is -1.91. The molecule has 1 aromatic rings. The molecule has 8 heteroatoms. The molecule has 0 bridgehead atoms. The van der Waals surface area contributed by atoms with Gasteiger partial charge in [-0.15, -0.1) is 0 Å². The number of aliphatic hydroxyl groups excluding tert-OH is 2. The van der Waals surface area contributed by atoms with E-state index in [-0.39, 0.29) is 37.4 Å². The summed E-state index contributed by atoms with van der Waals surface area (Å²) < 4.78 is 7.08. The van der Waals surface area contributed by atoms with Gasteiger partial charge in [0.25, 0.3) is 0 Å². The van der Waals surface area contributed by atoms with Crippen molar-refractivity contribution >= 4 is 34.4 Å². The summed E-state index contributed by atoms with van der Waals surface area (Å²) in [5.41, 5.74) is 1.34. The molecule has 0 spiro atoms. The van der Waals surface area contributed by atoms with Gasteiger partial charge >= 0.3 is 0 Å². The van der Waals surface area contributed by atoms with Crippen LogP contribution in [0.3, 0.4) is 0 Å². The van der Waals surface area contributed by atoms with E-state index in [1.54, 1.807) is 17.1 Å². The molecule has 0 radical (unpaired) electrons. The standard InChI is InChI=1S/C26H35IN2O5/c1-17(2)14-24(31)29(19-8-4-3-5-9-19)21-15-18(26(33)28-12-13-30)16-23(25(21)32)34-22-11-7-6-10-20(22)27/h6-7,10-11,14,16,19,21,23,25,30,32H,3-5,8-9,12-13,15H2,1-2H3,(H,28,33). The summed E-state index contributed by atoms with van der Waals surface area (Å²) in [5, 5.41) is 23.3. The lowest BCUT2D eigenvalue weighted by Crippen LogP contribution is -2.58. The molecule has 0 aliphatic heterocycles. The zero-order valence-electron chi connectivity index (χ0n) is 19.9. The van der Waals surface area contributed by atoms with E-state index in [9.17, 15) is 14.7 Å². The fourth-order valence-corrected chi connectivity index (χ4v) is 5.24. The Bertz CT molecular complexity index is 922. The largest absolute Gasteiger partial charge is 0.482 e. The van der Waals surface area contributed by atoms with E-state index in [1.807, 2.05) is 38.1 Å². The van der Waals surface area contributed by atoms with E-state index in [0.29, 0.717) is 11.3 Å². The Morgan fingerprint density at radius 1 is 1.21 bits per heavy atom. The maximum atomic E-state index is 13.4. The predicted octanol–water partition coefficient (Wildman–Crippen LogP) is 3.33. The lowest BCUT2D eigenvalue weighted by molar-refractivity contribution is -0.138. The third-order valence-corrected chi connectivity index (χ3v) is 7.20. The predicted molar refractivity (Wildman–Crippen MR) is 139 cm³/mol. The number of amides is 2. The molecule has 2 amide bonds. The van der Waals surface area contributed by atoms with E-state index >= 15 is 0 Å². The first-order chi connectivity index (χ1) is 16.3. The van der Waals surface area contributed by atoms with Gasteiger partial charge in [-0.25, -0.2) is 0 Å². The maximum absolute atomic E-state index is 13.4. The van der Waals surface area contributed by atoms with Crippen LogP contribution in [0.15, 0.2) is 47.6 Å². The molecule has 0 saturated heterocycles. The second-order valence-corrected chi connectivity index (χ2v) is 10.4. The summed E-state index contributed by atoms with van der Waals surface area (Å²) in [7, 11) is 0. The molecule has 34 heavy (non-hydrogen) atoms. The minimum atomic E-state index is -0.998. The van der Waals surface area contributed by atoms with Crippen LogP contribution >= 0.6 is 22.6 Å². The summed E-state index contributed by atoms with van der Waals surface area (Å²) >= 11 is 2.17. The third-order valence-electron chi connectivity index (χ3n) is 6.31. The molecule has 186 valence electrons. The molecular weight excluding hydrogens is 547 g/mol. The Labute approximate surface area is 215 Å². The van der Waals surface area contributed by atoms with Crippen LogP contribution in [0.1, 0.15) is 52.4 Å². The van der Waals surface area contributed by atoms with Gasteiger partial charge in [0.1, 0.15) is 18.0 Å². The van der Waals surface area contributed by atoms with Crippen LogP contribution in [-0.4, -0.2) is 64.4 Å². The van der Waals surface area contributed by atoms with Gasteiger partial charge in [0.05, 0.1) is 16.2 Å². The highest BCUT2D eigenvalue weighted by molar-refractivity contribution is 14.1. The van der Waals surface area contributed by atoms with Gasteiger partial charge in [-0.05, 0) is 67.5 Å². The van der Waals surface area contributed by atoms with Crippen LogP contribution in [-0.2, 0) is 9.59 Å². The topological polar surface area (TPSA) is 99.1 Å². The highest BCUT2D eigenvalue weighted by Crippen LogP contribution is 2.33. The maximum Gasteiger partial charge on any atom is 0.247 e. The molecule has 0 heterocycles. The van der Waals surface area contributed by atoms with Crippen LogP contribution in [0.5, 0.6) is 5.75 Å². The highest BCUT2D eigenvalue weighted by atomic mass is 127. The van der Waals surface area contributed by atoms with Crippen LogP contribution in [0.25, 0.3) is 0 Å². The number of para-hydroxylation sites is 1. The van der Waals surface area contributed by atoms with Crippen LogP contribution in [0, 0.1) is 3.57 Å². The van der Waals surface area contributed by atoms with Crippen molar-refractivity contribution in [2.45, 2.75) is 76.7 Å². The molecule has 1 fully saturated rings. The van der Waals surface area contributed by atoms with Gasteiger partial charge in [0.15, 0.2) is 0 Å². The summed E-state index contributed by atoms with van der Waals surface area (Å²) in [6.07, 6.45) is 6.67. The van der Waals surface area contributed by atoms with Crippen LogP contribution in [0.2, 0.25) is 0 Å². The Morgan fingerprint density at radius 3 is 2.56 bits per heavy atom. The Kier molecular flexibility index (Phi) is 9.97. The lowest BCUT2D eigenvalue weighted by Gasteiger charge is -2.45. The number of hydrogen-bond donors (Lipinski definition) is 3. The summed E-state index contributed by atoms with van der Waals surface area (Å²) in [6.45, 7) is 3.73. The number of carbonyl (C=O) groups is 2. The second kappa shape index (κ2) is 12.7. The van der Waals surface area contributed by atoms with Crippen LogP contribution < -0.4 is 10.1 Å². The minimum Gasteiger partial charge on any atom is -0.482 e. The van der Waals surface area contributed by atoms with Crippen LogP contribution in [0.4, 0.5) is 0 Å². The molecule has 1 saturated carbocycles. The molecule has 3 unspecified atom stereocenters. The number of halogens is 1. The smallest absolute Gasteiger partial charge is 0.247 e.